The molecule has 0 heterocycles. The summed E-state index contributed by atoms with van der Waals surface area (Å²) in [6.07, 6.45) is 3.18. The number of benzene rings is 1. The molecule has 0 unspecified atom stereocenters. The van der Waals surface area contributed by atoms with Crippen LogP contribution < -0.4 is 0 Å². The molecule has 1 amide bonds. The topological polar surface area (TPSA) is 57.6 Å². The van der Waals surface area contributed by atoms with Crippen LogP contribution in [0.1, 0.15) is 20.7 Å². The summed E-state index contributed by atoms with van der Waals surface area (Å²) in [6, 6.07) is 6.14. The Hall–Kier alpha value is -2.36. The second-order valence-electron chi connectivity index (χ2n) is 3.64. The van der Waals surface area contributed by atoms with Crippen molar-refractivity contribution in [3.63, 3.8) is 0 Å². The zero-order chi connectivity index (χ0) is 13.5. The fourth-order valence-electron chi connectivity index (χ4n) is 1.58. The van der Waals surface area contributed by atoms with Crippen LogP contribution in [0.2, 0.25) is 0 Å². The molecule has 0 saturated carbocycles. The van der Waals surface area contributed by atoms with E-state index < -0.39 is 5.97 Å². The van der Waals surface area contributed by atoms with Gasteiger partial charge in [0.15, 0.2) is 0 Å². The van der Waals surface area contributed by atoms with Crippen LogP contribution in [0, 0.1) is 0 Å². The van der Waals surface area contributed by atoms with Gasteiger partial charge in [-0.1, -0.05) is 24.3 Å². The lowest BCUT2D eigenvalue weighted by Crippen LogP contribution is -2.32. The first-order chi connectivity index (χ1) is 8.61. The van der Waals surface area contributed by atoms with Crippen molar-refractivity contribution < 1.29 is 14.7 Å². The second-order valence-corrected chi connectivity index (χ2v) is 3.64. The Morgan fingerprint density at radius 1 is 1.11 bits per heavy atom. The number of carboxylic acids is 1. The number of carbonyl (C=O) groups excluding carboxylic acids is 1. The maximum absolute atomic E-state index is 12.2. The van der Waals surface area contributed by atoms with Gasteiger partial charge in [-0.2, -0.15) is 0 Å². The summed E-state index contributed by atoms with van der Waals surface area (Å²) in [6.45, 7) is 7.84. The molecule has 0 bridgehead atoms. The average molecular weight is 245 g/mol. The van der Waals surface area contributed by atoms with Crippen LogP contribution in [0.15, 0.2) is 49.6 Å². The summed E-state index contributed by atoms with van der Waals surface area (Å²) < 4.78 is 0. The van der Waals surface area contributed by atoms with E-state index in [-0.39, 0.29) is 17.0 Å². The molecule has 0 aliphatic carbocycles. The van der Waals surface area contributed by atoms with Gasteiger partial charge in [0, 0.05) is 13.1 Å². The van der Waals surface area contributed by atoms with Gasteiger partial charge in [-0.3, -0.25) is 4.79 Å². The Bertz CT molecular complexity index is 470. The summed E-state index contributed by atoms with van der Waals surface area (Å²) in [5.41, 5.74) is 0.175. The Morgan fingerprint density at radius 3 is 2.06 bits per heavy atom. The fraction of sp³-hybridized carbons (Fsp3) is 0.143. The molecule has 0 aliphatic rings. The van der Waals surface area contributed by atoms with Gasteiger partial charge in [-0.25, -0.2) is 4.79 Å². The molecule has 0 aliphatic heterocycles. The molecule has 0 spiro atoms. The number of hydrogen-bond acceptors (Lipinski definition) is 2. The van der Waals surface area contributed by atoms with Gasteiger partial charge in [-0.05, 0) is 12.1 Å². The van der Waals surface area contributed by atoms with E-state index in [4.69, 9.17) is 5.11 Å². The molecule has 0 atom stereocenters. The monoisotopic (exact) mass is 245 g/mol. The summed E-state index contributed by atoms with van der Waals surface area (Å²) in [5.74, 6) is -1.45. The molecule has 1 aromatic rings. The number of aromatic carboxylic acids is 1. The Labute approximate surface area is 106 Å². The highest BCUT2D eigenvalue weighted by molar-refractivity contribution is 6.04. The zero-order valence-electron chi connectivity index (χ0n) is 10.0. The number of rotatable bonds is 6. The highest BCUT2D eigenvalue weighted by atomic mass is 16.4. The van der Waals surface area contributed by atoms with E-state index in [1.165, 1.54) is 17.0 Å². The van der Waals surface area contributed by atoms with Crippen LogP contribution in [0.25, 0.3) is 0 Å². The summed E-state index contributed by atoms with van der Waals surface area (Å²) in [7, 11) is 0. The van der Waals surface area contributed by atoms with Crippen LogP contribution in [-0.2, 0) is 0 Å². The standard InChI is InChI=1S/C14H15NO3/c1-3-9-15(10-4-2)13(16)11-7-5-6-8-12(11)14(17)18/h3-8H,1-2,9-10H2,(H,17,18). The van der Waals surface area contributed by atoms with E-state index in [1.807, 2.05) is 0 Å². The molecule has 4 nitrogen and oxygen atoms in total. The third-order valence-electron chi connectivity index (χ3n) is 2.37. The van der Waals surface area contributed by atoms with E-state index in [0.29, 0.717) is 13.1 Å². The number of hydrogen-bond donors (Lipinski definition) is 1. The quantitative estimate of drug-likeness (QED) is 0.782. The maximum Gasteiger partial charge on any atom is 0.336 e. The molecule has 18 heavy (non-hydrogen) atoms. The average Bonchev–Trinajstić information content (AvgIpc) is 2.37. The van der Waals surface area contributed by atoms with E-state index in [9.17, 15) is 9.59 Å². The van der Waals surface area contributed by atoms with E-state index in [0.717, 1.165) is 0 Å². The highest BCUT2D eigenvalue weighted by Crippen LogP contribution is 2.12. The summed E-state index contributed by atoms with van der Waals surface area (Å²) in [5, 5.41) is 9.05. The SMILES string of the molecule is C=CCN(CC=C)C(=O)c1ccccc1C(=O)O. The highest BCUT2D eigenvalue weighted by Gasteiger charge is 2.19. The van der Waals surface area contributed by atoms with E-state index in [1.54, 1.807) is 24.3 Å². The Kier molecular flexibility index (Phi) is 4.87. The number of nitrogens with zero attached hydrogens (tertiary/aromatic N) is 1. The molecule has 4 heteroatoms. The minimum atomic E-state index is -1.11. The van der Waals surface area contributed by atoms with Gasteiger partial charge in [0.2, 0.25) is 0 Å². The van der Waals surface area contributed by atoms with Crippen molar-refractivity contribution in [3.8, 4) is 0 Å². The lowest BCUT2D eigenvalue weighted by Gasteiger charge is -2.20. The van der Waals surface area contributed by atoms with Crippen LogP contribution >= 0.6 is 0 Å². The molecule has 94 valence electrons. The van der Waals surface area contributed by atoms with Gasteiger partial charge < -0.3 is 10.0 Å². The van der Waals surface area contributed by atoms with Crippen molar-refractivity contribution >= 4 is 11.9 Å². The molecule has 0 saturated heterocycles. The minimum Gasteiger partial charge on any atom is -0.478 e. The minimum absolute atomic E-state index is 0.000578. The predicted molar refractivity (Wildman–Crippen MR) is 69.7 cm³/mol. The van der Waals surface area contributed by atoms with Crippen LogP contribution in [-0.4, -0.2) is 35.0 Å². The summed E-state index contributed by atoms with van der Waals surface area (Å²) >= 11 is 0. The molecular formula is C14H15NO3. The van der Waals surface area contributed by atoms with Crippen molar-refractivity contribution in [2.45, 2.75) is 0 Å². The van der Waals surface area contributed by atoms with Crippen molar-refractivity contribution in [3.05, 3.63) is 60.7 Å². The van der Waals surface area contributed by atoms with Crippen LogP contribution in [0.4, 0.5) is 0 Å². The third-order valence-corrected chi connectivity index (χ3v) is 2.37. The first-order valence-electron chi connectivity index (χ1n) is 5.45. The summed E-state index contributed by atoms with van der Waals surface area (Å²) in [4.78, 5) is 24.7. The predicted octanol–water partition coefficient (Wildman–Crippen LogP) is 2.20. The fourth-order valence-corrected chi connectivity index (χ4v) is 1.58. The van der Waals surface area contributed by atoms with Crippen molar-refractivity contribution in [2.24, 2.45) is 0 Å². The van der Waals surface area contributed by atoms with Crippen molar-refractivity contribution in [2.75, 3.05) is 13.1 Å². The largest absolute Gasteiger partial charge is 0.478 e. The lowest BCUT2D eigenvalue weighted by atomic mass is 10.1. The van der Waals surface area contributed by atoms with Gasteiger partial charge >= 0.3 is 5.97 Å². The van der Waals surface area contributed by atoms with Crippen molar-refractivity contribution in [1.29, 1.82) is 0 Å². The molecule has 1 rings (SSSR count). The molecule has 1 aromatic carbocycles. The Morgan fingerprint density at radius 2 is 1.61 bits per heavy atom. The van der Waals surface area contributed by atoms with E-state index in [2.05, 4.69) is 13.2 Å². The molecule has 0 fully saturated rings. The molecule has 0 radical (unpaired) electrons. The van der Waals surface area contributed by atoms with Gasteiger partial charge in [-0.15, -0.1) is 13.2 Å². The van der Waals surface area contributed by atoms with Gasteiger partial charge in [0.05, 0.1) is 11.1 Å². The smallest absolute Gasteiger partial charge is 0.336 e. The van der Waals surface area contributed by atoms with E-state index >= 15 is 0 Å². The number of carbonyl (C=O) groups is 2. The first kappa shape index (κ1) is 13.7. The van der Waals surface area contributed by atoms with Crippen molar-refractivity contribution in [1.82, 2.24) is 4.90 Å². The molecule has 1 N–H and O–H groups in total. The number of amides is 1. The first-order valence-corrected chi connectivity index (χ1v) is 5.45. The maximum atomic E-state index is 12.2. The van der Waals surface area contributed by atoms with Crippen LogP contribution in [0.3, 0.4) is 0 Å². The van der Waals surface area contributed by atoms with Gasteiger partial charge in [0.1, 0.15) is 0 Å². The number of carboxylic acid groups (broad SMARTS) is 1. The van der Waals surface area contributed by atoms with Crippen LogP contribution in [0.5, 0.6) is 0 Å². The Balaban J connectivity index is 3.11. The molecule has 0 aromatic heterocycles. The van der Waals surface area contributed by atoms with Gasteiger partial charge in [0.25, 0.3) is 5.91 Å². The molecular weight excluding hydrogens is 230 g/mol. The normalized spacial score (nSPS) is 9.56. The second kappa shape index (κ2) is 6.39. The lowest BCUT2D eigenvalue weighted by molar-refractivity contribution is 0.0681. The third kappa shape index (κ3) is 3.07. The zero-order valence-corrected chi connectivity index (χ0v) is 10.0.